The molecule has 0 aliphatic rings. The molecule has 0 amide bonds. The average molecular weight is 253 g/mol. The van der Waals surface area contributed by atoms with E-state index in [2.05, 4.69) is 36.1 Å². The Hall–Kier alpha value is -2.09. The number of ketones is 1. The van der Waals surface area contributed by atoms with Crippen LogP contribution in [0.2, 0.25) is 0 Å². The van der Waals surface area contributed by atoms with Gasteiger partial charge in [-0.1, -0.05) is 48.0 Å². The molecule has 0 bridgehead atoms. The molecule has 0 heterocycles. The molecule has 0 aromatic heterocycles. The summed E-state index contributed by atoms with van der Waals surface area (Å²) in [6.07, 6.45) is 0.536. The summed E-state index contributed by atoms with van der Waals surface area (Å²) in [5.41, 5.74) is 3.18. The predicted octanol–water partition coefficient (Wildman–Crippen LogP) is 3.70. The molecule has 98 valence electrons. The van der Waals surface area contributed by atoms with Crippen molar-refractivity contribution >= 4 is 11.5 Å². The lowest BCUT2D eigenvalue weighted by molar-refractivity contribution is 0.0985. The first-order valence-corrected chi connectivity index (χ1v) is 6.53. The number of nitrogens with zero attached hydrogens (tertiary/aromatic N) is 1. The van der Waals surface area contributed by atoms with E-state index in [1.807, 2.05) is 37.4 Å². The number of rotatable bonds is 5. The number of carbonyl (C=O) groups is 1. The Morgan fingerprint density at radius 2 is 1.63 bits per heavy atom. The molecule has 2 nitrogen and oxygen atoms in total. The van der Waals surface area contributed by atoms with Gasteiger partial charge in [-0.05, 0) is 19.1 Å². The highest BCUT2D eigenvalue weighted by Gasteiger charge is 2.07. The van der Waals surface area contributed by atoms with Gasteiger partial charge in [0.15, 0.2) is 5.78 Å². The third-order valence-electron chi connectivity index (χ3n) is 3.24. The molecular formula is C17H19NO. The van der Waals surface area contributed by atoms with E-state index in [1.54, 1.807) is 0 Å². The Labute approximate surface area is 114 Å². The normalized spacial score (nSPS) is 10.2. The van der Waals surface area contributed by atoms with Crippen molar-refractivity contribution in [2.75, 3.05) is 18.5 Å². The Bertz CT molecular complexity index is 531. The number of Topliss-reactive ketones (excluding diaryl/α,β-unsaturated/α-hetero) is 1. The maximum Gasteiger partial charge on any atom is 0.164 e. The summed E-state index contributed by atoms with van der Waals surface area (Å²) in [6, 6.07) is 17.8. The Morgan fingerprint density at radius 1 is 1.00 bits per heavy atom. The predicted molar refractivity (Wildman–Crippen MR) is 79.8 cm³/mol. The van der Waals surface area contributed by atoms with E-state index in [4.69, 9.17) is 0 Å². The van der Waals surface area contributed by atoms with E-state index < -0.39 is 0 Å². The highest BCUT2D eigenvalue weighted by molar-refractivity contribution is 5.96. The second-order valence-corrected chi connectivity index (χ2v) is 4.80. The van der Waals surface area contributed by atoms with Crippen LogP contribution in [-0.2, 0) is 0 Å². The van der Waals surface area contributed by atoms with Crippen LogP contribution >= 0.6 is 0 Å². The van der Waals surface area contributed by atoms with E-state index in [9.17, 15) is 4.79 Å². The van der Waals surface area contributed by atoms with Crippen molar-refractivity contribution in [1.82, 2.24) is 0 Å². The molecule has 0 spiro atoms. The van der Waals surface area contributed by atoms with Crippen LogP contribution in [-0.4, -0.2) is 19.4 Å². The van der Waals surface area contributed by atoms with Gasteiger partial charge in [-0.2, -0.15) is 0 Å². The summed E-state index contributed by atoms with van der Waals surface area (Å²) in [6.45, 7) is 2.81. The van der Waals surface area contributed by atoms with E-state index in [0.29, 0.717) is 6.42 Å². The second kappa shape index (κ2) is 6.19. The zero-order valence-electron chi connectivity index (χ0n) is 11.5. The molecule has 0 unspecified atom stereocenters. The molecule has 0 saturated heterocycles. The lowest BCUT2D eigenvalue weighted by Crippen LogP contribution is -2.21. The van der Waals surface area contributed by atoms with Crippen molar-refractivity contribution < 1.29 is 4.79 Å². The molecular weight excluding hydrogens is 234 g/mol. The number of hydrogen-bond donors (Lipinski definition) is 0. The number of aryl methyl sites for hydroxylation is 1. The molecule has 0 radical (unpaired) electrons. The van der Waals surface area contributed by atoms with Gasteiger partial charge in [0.05, 0.1) is 0 Å². The Kier molecular flexibility index (Phi) is 4.35. The summed E-state index contributed by atoms with van der Waals surface area (Å²) in [7, 11) is 2.02. The molecule has 0 saturated carbocycles. The van der Waals surface area contributed by atoms with Crippen LogP contribution in [0.3, 0.4) is 0 Å². The molecule has 0 aliphatic heterocycles. The minimum Gasteiger partial charge on any atom is -0.374 e. The van der Waals surface area contributed by atoms with Crippen molar-refractivity contribution in [3.05, 3.63) is 65.7 Å². The SMILES string of the molecule is Cc1ccc(N(C)CCC(=O)c2ccccc2)cc1. The summed E-state index contributed by atoms with van der Waals surface area (Å²) < 4.78 is 0. The fourth-order valence-corrected chi connectivity index (χ4v) is 1.97. The minimum absolute atomic E-state index is 0.194. The topological polar surface area (TPSA) is 20.3 Å². The number of carbonyl (C=O) groups excluding carboxylic acids is 1. The molecule has 2 rings (SSSR count). The number of benzene rings is 2. The van der Waals surface area contributed by atoms with Crippen LogP contribution < -0.4 is 4.90 Å². The van der Waals surface area contributed by atoms with Gasteiger partial charge in [0.2, 0.25) is 0 Å². The fraction of sp³-hybridized carbons (Fsp3) is 0.235. The molecule has 2 aromatic carbocycles. The van der Waals surface area contributed by atoms with Crippen LogP contribution in [0.15, 0.2) is 54.6 Å². The first kappa shape index (κ1) is 13.3. The van der Waals surface area contributed by atoms with Gasteiger partial charge < -0.3 is 4.90 Å². The van der Waals surface area contributed by atoms with Crippen molar-refractivity contribution in [1.29, 1.82) is 0 Å². The number of hydrogen-bond acceptors (Lipinski definition) is 2. The van der Waals surface area contributed by atoms with Crippen LogP contribution in [0.4, 0.5) is 5.69 Å². The Balaban J connectivity index is 1.92. The lowest BCUT2D eigenvalue weighted by atomic mass is 10.1. The molecule has 0 atom stereocenters. The highest BCUT2D eigenvalue weighted by atomic mass is 16.1. The smallest absolute Gasteiger partial charge is 0.164 e. The van der Waals surface area contributed by atoms with Gasteiger partial charge in [0.25, 0.3) is 0 Å². The first-order valence-electron chi connectivity index (χ1n) is 6.53. The maximum atomic E-state index is 12.0. The largest absolute Gasteiger partial charge is 0.374 e. The zero-order valence-corrected chi connectivity index (χ0v) is 11.5. The summed E-state index contributed by atoms with van der Waals surface area (Å²) in [5.74, 6) is 0.194. The molecule has 2 aromatic rings. The van der Waals surface area contributed by atoms with Gasteiger partial charge in [-0.25, -0.2) is 0 Å². The van der Waals surface area contributed by atoms with Gasteiger partial charge in [-0.3, -0.25) is 4.79 Å². The third-order valence-corrected chi connectivity index (χ3v) is 3.24. The minimum atomic E-state index is 0.194. The Morgan fingerprint density at radius 3 is 2.26 bits per heavy atom. The van der Waals surface area contributed by atoms with Crippen LogP contribution in [0.25, 0.3) is 0 Å². The van der Waals surface area contributed by atoms with Crippen molar-refractivity contribution in [2.45, 2.75) is 13.3 Å². The second-order valence-electron chi connectivity index (χ2n) is 4.80. The molecule has 0 fully saturated rings. The summed E-state index contributed by atoms with van der Waals surface area (Å²) in [5, 5.41) is 0. The highest BCUT2D eigenvalue weighted by Crippen LogP contribution is 2.14. The fourth-order valence-electron chi connectivity index (χ4n) is 1.97. The maximum absolute atomic E-state index is 12.0. The standard InChI is InChI=1S/C17H19NO/c1-14-8-10-16(11-9-14)18(2)13-12-17(19)15-6-4-3-5-7-15/h3-11H,12-13H2,1-2H3. The van der Waals surface area contributed by atoms with Gasteiger partial charge in [-0.15, -0.1) is 0 Å². The van der Waals surface area contributed by atoms with E-state index >= 15 is 0 Å². The van der Waals surface area contributed by atoms with Gasteiger partial charge in [0.1, 0.15) is 0 Å². The third kappa shape index (κ3) is 3.68. The van der Waals surface area contributed by atoms with Crippen LogP contribution in [0.5, 0.6) is 0 Å². The monoisotopic (exact) mass is 253 g/mol. The molecule has 0 N–H and O–H groups in total. The molecule has 2 heteroatoms. The molecule has 19 heavy (non-hydrogen) atoms. The van der Waals surface area contributed by atoms with Crippen molar-refractivity contribution in [3.8, 4) is 0 Å². The average Bonchev–Trinajstić information content (AvgIpc) is 2.46. The quantitative estimate of drug-likeness (QED) is 0.757. The summed E-state index contributed by atoms with van der Waals surface area (Å²) in [4.78, 5) is 14.1. The van der Waals surface area contributed by atoms with Crippen LogP contribution in [0, 0.1) is 6.92 Å². The molecule has 0 aliphatic carbocycles. The van der Waals surface area contributed by atoms with Crippen LogP contribution in [0.1, 0.15) is 22.3 Å². The lowest BCUT2D eigenvalue weighted by Gasteiger charge is -2.19. The summed E-state index contributed by atoms with van der Waals surface area (Å²) >= 11 is 0. The zero-order chi connectivity index (χ0) is 13.7. The van der Waals surface area contributed by atoms with Crippen molar-refractivity contribution in [3.63, 3.8) is 0 Å². The van der Waals surface area contributed by atoms with E-state index in [0.717, 1.165) is 17.8 Å². The van der Waals surface area contributed by atoms with E-state index in [-0.39, 0.29) is 5.78 Å². The van der Waals surface area contributed by atoms with Gasteiger partial charge in [0, 0.05) is 31.3 Å². The first-order chi connectivity index (χ1) is 9.16. The number of anilines is 1. The van der Waals surface area contributed by atoms with Crippen molar-refractivity contribution in [2.24, 2.45) is 0 Å². The van der Waals surface area contributed by atoms with Gasteiger partial charge >= 0.3 is 0 Å². The van der Waals surface area contributed by atoms with E-state index in [1.165, 1.54) is 5.56 Å².